The summed E-state index contributed by atoms with van der Waals surface area (Å²) in [4.78, 5) is 14.6. The van der Waals surface area contributed by atoms with Crippen molar-refractivity contribution in [3.05, 3.63) is 22.6 Å². The average molecular weight is 220 g/mol. The molecular weight excluding hydrogens is 213 g/mol. The molecule has 0 radical (unpaired) electrons. The van der Waals surface area contributed by atoms with Gasteiger partial charge in [-0.3, -0.25) is 0 Å². The fourth-order valence-electron chi connectivity index (χ4n) is 0.843. The number of aromatic nitrogens is 1. The summed E-state index contributed by atoms with van der Waals surface area (Å²) in [6.45, 7) is 0. The molecule has 1 rings (SSSR count). The van der Waals surface area contributed by atoms with Gasteiger partial charge in [-0.2, -0.15) is 4.39 Å². The predicted molar refractivity (Wildman–Crippen MR) is 47.1 cm³/mol. The smallest absolute Gasteiger partial charge is 0.341 e. The van der Waals surface area contributed by atoms with Gasteiger partial charge in [-0.25, -0.2) is 9.78 Å². The second-order valence-corrected chi connectivity index (χ2v) is 2.68. The van der Waals surface area contributed by atoms with Gasteiger partial charge in [-0.05, 0) is 0 Å². The van der Waals surface area contributed by atoms with Crippen LogP contribution in [0, 0.1) is 5.82 Å². The lowest BCUT2D eigenvalue weighted by atomic mass is 10.3. The lowest BCUT2D eigenvalue weighted by Gasteiger charge is -2.05. The number of methoxy groups -OCH3 is 2. The predicted octanol–water partition coefficient (Wildman–Crippen LogP) is 1.67. The van der Waals surface area contributed by atoms with Gasteiger partial charge in [0.2, 0.25) is 5.82 Å². The van der Waals surface area contributed by atoms with Crippen LogP contribution in [-0.4, -0.2) is 25.2 Å². The van der Waals surface area contributed by atoms with E-state index in [2.05, 4.69) is 14.5 Å². The van der Waals surface area contributed by atoms with Crippen molar-refractivity contribution in [1.29, 1.82) is 0 Å². The van der Waals surface area contributed by atoms with E-state index < -0.39 is 11.8 Å². The Hall–Kier alpha value is -1.36. The Bertz CT molecular complexity index is 370. The van der Waals surface area contributed by atoms with Crippen molar-refractivity contribution in [3.8, 4) is 5.88 Å². The van der Waals surface area contributed by atoms with E-state index in [-0.39, 0.29) is 16.5 Å². The molecule has 0 aliphatic rings. The molecule has 0 aliphatic heterocycles. The van der Waals surface area contributed by atoms with Gasteiger partial charge in [0.05, 0.1) is 24.8 Å². The van der Waals surface area contributed by atoms with Crippen molar-refractivity contribution in [3.63, 3.8) is 0 Å². The molecule has 1 aromatic heterocycles. The van der Waals surface area contributed by atoms with Crippen molar-refractivity contribution in [2.75, 3.05) is 14.2 Å². The van der Waals surface area contributed by atoms with Gasteiger partial charge in [0.1, 0.15) is 0 Å². The number of hydrogen-bond acceptors (Lipinski definition) is 4. The first-order chi connectivity index (χ1) is 6.61. The fourth-order valence-corrected chi connectivity index (χ4v) is 1.05. The van der Waals surface area contributed by atoms with Crippen molar-refractivity contribution in [2.45, 2.75) is 0 Å². The van der Waals surface area contributed by atoms with Gasteiger partial charge >= 0.3 is 5.97 Å². The third-order valence-corrected chi connectivity index (χ3v) is 1.90. The zero-order valence-corrected chi connectivity index (χ0v) is 8.26. The lowest BCUT2D eigenvalue weighted by Crippen LogP contribution is -2.05. The van der Waals surface area contributed by atoms with Gasteiger partial charge in [-0.15, -0.1) is 0 Å². The Morgan fingerprint density at radius 1 is 1.57 bits per heavy atom. The van der Waals surface area contributed by atoms with Crippen LogP contribution in [0.4, 0.5) is 4.39 Å². The topological polar surface area (TPSA) is 48.4 Å². The molecule has 0 spiro atoms. The van der Waals surface area contributed by atoms with E-state index in [0.717, 1.165) is 6.20 Å². The molecule has 0 unspecified atom stereocenters. The third kappa shape index (κ3) is 1.77. The second kappa shape index (κ2) is 4.23. The summed E-state index contributed by atoms with van der Waals surface area (Å²) in [5, 5.41) is -0.358. The molecule has 0 aliphatic carbocycles. The summed E-state index contributed by atoms with van der Waals surface area (Å²) >= 11 is 5.55. The summed E-state index contributed by atoms with van der Waals surface area (Å²) in [7, 11) is 2.42. The van der Waals surface area contributed by atoms with Gasteiger partial charge in [0.15, 0.2) is 0 Å². The van der Waals surface area contributed by atoms with Crippen molar-refractivity contribution in [2.24, 2.45) is 0 Å². The minimum atomic E-state index is -0.878. The maximum atomic E-state index is 13.2. The number of carbonyl (C=O) groups is 1. The molecule has 0 saturated carbocycles. The average Bonchev–Trinajstić information content (AvgIpc) is 2.21. The second-order valence-electron chi connectivity index (χ2n) is 2.30. The number of pyridine rings is 1. The Labute approximate surface area is 84.6 Å². The van der Waals surface area contributed by atoms with E-state index in [9.17, 15) is 9.18 Å². The molecule has 1 aromatic rings. The molecule has 0 fully saturated rings. The number of rotatable bonds is 2. The molecule has 1 heterocycles. The number of halogens is 2. The summed E-state index contributed by atoms with van der Waals surface area (Å²) in [5.41, 5.74) is -0.132. The monoisotopic (exact) mass is 219 g/mol. The largest absolute Gasteiger partial charge is 0.479 e. The van der Waals surface area contributed by atoms with Crippen molar-refractivity contribution in [1.82, 2.24) is 4.98 Å². The quantitative estimate of drug-likeness (QED) is 0.710. The number of hydrogen-bond donors (Lipinski definition) is 0. The highest BCUT2D eigenvalue weighted by atomic mass is 35.5. The van der Waals surface area contributed by atoms with Crippen molar-refractivity contribution < 1.29 is 18.7 Å². The molecule has 0 atom stereocenters. The summed E-state index contributed by atoms with van der Waals surface area (Å²) in [5.74, 6) is -1.89. The van der Waals surface area contributed by atoms with E-state index in [4.69, 9.17) is 11.6 Å². The molecule has 76 valence electrons. The van der Waals surface area contributed by atoms with E-state index in [1.165, 1.54) is 14.2 Å². The molecule has 14 heavy (non-hydrogen) atoms. The first kappa shape index (κ1) is 10.7. The highest BCUT2D eigenvalue weighted by molar-refractivity contribution is 6.33. The first-order valence-corrected chi connectivity index (χ1v) is 3.96. The van der Waals surface area contributed by atoms with E-state index >= 15 is 0 Å². The minimum absolute atomic E-state index is 0.132. The zero-order chi connectivity index (χ0) is 10.7. The zero-order valence-electron chi connectivity index (χ0n) is 7.51. The SMILES string of the molecule is COC(=O)c1cnc(OC)c(F)c1Cl. The van der Waals surface area contributed by atoms with Gasteiger partial charge in [-0.1, -0.05) is 11.6 Å². The van der Waals surface area contributed by atoms with Crippen LogP contribution in [0.1, 0.15) is 10.4 Å². The van der Waals surface area contributed by atoms with Crippen LogP contribution in [-0.2, 0) is 4.74 Å². The van der Waals surface area contributed by atoms with Crippen LogP contribution in [0.2, 0.25) is 5.02 Å². The van der Waals surface area contributed by atoms with E-state index in [1.54, 1.807) is 0 Å². The number of ether oxygens (including phenoxy) is 2. The van der Waals surface area contributed by atoms with Crippen molar-refractivity contribution >= 4 is 17.6 Å². The molecular formula is C8H7ClFNO3. The van der Waals surface area contributed by atoms with Crippen LogP contribution >= 0.6 is 11.6 Å². The molecule has 4 nitrogen and oxygen atoms in total. The summed E-state index contributed by atoms with van der Waals surface area (Å²) < 4.78 is 22.2. The maximum absolute atomic E-state index is 13.2. The maximum Gasteiger partial charge on any atom is 0.341 e. The Kier molecular flexibility index (Phi) is 3.24. The highest BCUT2D eigenvalue weighted by Crippen LogP contribution is 2.25. The van der Waals surface area contributed by atoms with Crippen LogP contribution in [0.25, 0.3) is 0 Å². The molecule has 0 amide bonds. The number of carbonyl (C=O) groups excluding carboxylic acids is 1. The number of esters is 1. The Morgan fingerprint density at radius 2 is 2.21 bits per heavy atom. The van der Waals surface area contributed by atoms with Gasteiger partial charge < -0.3 is 9.47 Å². The Morgan fingerprint density at radius 3 is 2.71 bits per heavy atom. The van der Waals surface area contributed by atoms with Crippen LogP contribution in [0.15, 0.2) is 6.20 Å². The molecule has 0 saturated heterocycles. The molecule has 6 heteroatoms. The minimum Gasteiger partial charge on any atom is -0.479 e. The fraction of sp³-hybridized carbons (Fsp3) is 0.250. The standard InChI is InChI=1S/C8H7ClFNO3/c1-13-7-6(10)5(9)4(3-11-7)8(12)14-2/h3H,1-2H3. The van der Waals surface area contributed by atoms with Gasteiger partial charge in [0, 0.05) is 6.20 Å². The summed E-state index contributed by atoms with van der Waals surface area (Å²) in [6, 6.07) is 0. The molecule has 0 bridgehead atoms. The summed E-state index contributed by atoms with van der Waals surface area (Å²) in [6.07, 6.45) is 1.09. The van der Waals surface area contributed by atoms with Crippen LogP contribution < -0.4 is 4.74 Å². The normalized spacial score (nSPS) is 9.71. The van der Waals surface area contributed by atoms with E-state index in [1.807, 2.05) is 0 Å². The van der Waals surface area contributed by atoms with Crippen LogP contribution in [0.5, 0.6) is 5.88 Å². The third-order valence-electron chi connectivity index (χ3n) is 1.53. The van der Waals surface area contributed by atoms with Gasteiger partial charge in [0.25, 0.3) is 5.88 Å². The van der Waals surface area contributed by atoms with E-state index in [0.29, 0.717) is 0 Å². The number of nitrogens with zero attached hydrogens (tertiary/aromatic N) is 1. The first-order valence-electron chi connectivity index (χ1n) is 3.58. The molecule has 0 N–H and O–H groups in total. The lowest BCUT2D eigenvalue weighted by molar-refractivity contribution is 0.0599. The Balaban J connectivity index is 3.24. The highest BCUT2D eigenvalue weighted by Gasteiger charge is 2.18. The molecule has 0 aromatic carbocycles. The van der Waals surface area contributed by atoms with Crippen LogP contribution in [0.3, 0.4) is 0 Å².